The van der Waals surface area contributed by atoms with Crippen LogP contribution >= 0.6 is 0 Å². The van der Waals surface area contributed by atoms with Gasteiger partial charge in [-0.1, -0.05) is 24.3 Å². The maximum atomic E-state index is 12.8. The van der Waals surface area contributed by atoms with Crippen molar-refractivity contribution >= 4 is 18.1 Å². The highest BCUT2D eigenvalue weighted by molar-refractivity contribution is 5.94. The molecule has 0 saturated heterocycles. The second-order valence-corrected chi connectivity index (χ2v) is 4.21. The minimum absolute atomic E-state index is 0.282. The number of benzene rings is 2. The Morgan fingerprint density at radius 1 is 1.15 bits per heavy atom. The maximum Gasteiger partial charge on any atom is 0.248 e. The van der Waals surface area contributed by atoms with E-state index in [0.29, 0.717) is 11.3 Å². The summed E-state index contributed by atoms with van der Waals surface area (Å²) in [6, 6.07) is 11.0. The Kier molecular flexibility index (Phi) is 4.15. The highest BCUT2D eigenvalue weighted by Crippen LogP contribution is 2.22. The summed E-state index contributed by atoms with van der Waals surface area (Å²) in [7, 11) is 1.55. The van der Waals surface area contributed by atoms with Gasteiger partial charge in [-0.25, -0.2) is 4.39 Å². The van der Waals surface area contributed by atoms with Crippen molar-refractivity contribution in [2.75, 3.05) is 7.11 Å². The van der Waals surface area contributed by atoms with E-state index in [0.717, 1.165) is 11.1 Å². The summed E-state index contributed by atoms with van der Waals surface area (Å²) in [4.78, 5) is 11.2. The number of halogens is 1. The molecule has 0 atom stereocenters. The first-order valence-corrected chi connectivity index (χ1v) is 6.01. The molecule has 2 rings (SSSR count). The topological polar surface area (TPSA) is 52.3 Å². The van der Waals surface area contributed by atoms with E-state index in [1.165, 1.54) is 12.1 Å². The number of primary amides is 1. The molecule has 0 spiro atoms. The molecule has 2 aromatic carbocycles. The van der Waals surface area contributed by atoms with E-state index in [2.05, 4.69) is 0 Å². The van der Waals surface area contributed by atoms with Crippen LogP contribution in [0.2, 0.25) is 0 Å². The Balaban J connectivity index is 2.33. The number of hydrogen-bond acceptors (Lipinski definition) is 2. The molecule has 4 heteroatoms. The first-order chi connectivity index (χ1) is 9.60. The number of nitrogens with two attached hydrogens (primary N) is 1. The third-order valence-corrected chi connectivity index (χ3v) is 2.84. The third-order valence-electron chi connectivity index (χ3n) is 2.84. The highest BCUT2D eigenvalue weighted by atomic mass is 19.1. The Labute approximate surface area is 116 Å². The van der Waals surface area contributed by atoms with Crippen LogP contribution in [-0.4, -0.2) is 13.0 Å². The predicted octanol–water partition coefficient (Wildman–Crippen LogP) is 3.10. The fourth-order valence-corrected chi connectivity index (χ4v) is 1.78. The lowest BCUT2D eigenvalue weighted by Crippen LogP contribution is -2.10. The van der Waals surface area contributed by atoms with Crippen molar-refractivity contribution in [1.29, 1.82) is 0 Å². The Bertz CT molecular complexity index is 648. The molecule has 1 amide bonds. The molecule has 0 saturated carbocycles. The average molecular weight is 271 g/mol. The lowest BCUT2D eigenvalue weighted by Gasteiger charge is -2.06. The quantitative estimate of drug-likeness (QED) is 0.869. The molecule has 0 aromatic heterocycles. The van der Waals surface area contributed by atoms with E-state index < -0.39 is 5.91 Å². The molecule has 0 heterocycles. The molecule has 0 aliphatic heterocycles. The second kappa shape index (κ2) is 6.02. The van der Waals surface area contributed by atoms with Crippen molar-refractivity contribution in [2.45, 2.75) is 0 Å². The SMILES string of the molecule is COc1ccc(C(N)=O)cc1/C=C/c1ccc(F)cc1. The summed E-state index contributed by atoms with van der Waals surface area (Å²) in [6.45, 7) is 0. The largest absolute Gasteiger partial charge is 0.496 e. The number of amides is 1. The van der Waals surface area contributed by atoms with Gasteiger partial charge in [0.2, 0.25) is 5.91 Å². The van der Waals surface area contributed by atoms with Crippen LogP contribution in [-0.2, 0) is 0 Å². The Morgan fingerprint density at radius 3 is 2.45 bits per heavy atom. The fraction of sp³-hybridized carbons (Fsp3) is 0.0625. The smallest absolute Gasteiger partial charge is 0.248 e. The molecule has 0 aliphatic rings. The van der Waals surface area contributed by atoms with Crippen LogP contribution < -0.4 is 10.5 Å². The zero-order valence-corrected chi connectivity index (χ0v) is 11.0. The summed E-state index contributed by atoms with van der Waals surface area (Å²) in [5.41, 5.74) is 7.23. The third kappa shape index (κ3) is 3.23. The predicted molar refractivity (Wildman–Crippen MR) is 76.8 cm³/mol. The van der Waals surface area contributed by atoms with Gasteiger partial charge in [0.25, 0.3) is 0 Å². The lowest BCUT2D eigenvalue weighted by molar-refractivity contribution is 0.1000. The minimum Gasteiger partial charge on any atom is -0.496 e. The molecule has 0 radical (unpaired) electrons. The van der Waals surface area contributed by atoms with Crippen molar-refractivity contribution in [3.05, 3.63) is 65.0 Å². The van der Waals surface area contributed by atoms with Crippen molar-refractivity contribution in [1.82, 2.24) is 0 Å². The molecule has 20 heavy (non-hydrogen) atoms. The molecule has 2 N–H and O–H groups in total. The van der Waals surface area contributed by atoms with Crippen molar-refractivity contribution in [3.63, 3.8) is 0 Å². The molecule has 0 fully saturated rings. The van der Waals surface area contributed by atoms with E-state index in [1.54, 1.807) is 43.5 Å². The Morgan fingerprint density at radius 2 is 1.85 bits per heavy atom. The molecular weight excluding hydrogens is 257 g/mol. The molecule has 2 aromatic rings. The summed E-state index contributed by atoms with van der Waals surface area (Å²) in [5, 5.41) is 0. The summed E-state index contributed by atoms with van der Waals surface area (Å²) >= 11 is 0. The lowest BCUT2D eigenvalue weighted by atomic mass is 10.1. The van der Waals surface area contributed by atoms with Gasteiger partial charge in [-0.15, -0.1) is 0 Å². The number of carbonyl (C=O) groups is 1. The van der Waals surface area contributed by atoms with Crippen LogP contribution in [0, 0.1) is 5.82 Å². The number of methoxy groups -OCH3 is 1. The van der Waals surface area contributed by atoms with E-state index >= 15 is 0 Å². The van der Waals surface area contributed by atoms with Gasteiger partial charge in [0.15, 0.2) is 0 Å². The van der Waals surface area contributed by atoms with Crippen LogP contribution in [0.4, 0.5) is 4.39 Å². The van der Waals surface area contributed by atoms with Crippen LogP contribution in [0.15, 0.2) is 42.5 Å². The van der Waals surface area contributed by atoms with Gasteiger partial charge in [0.05, 0.1) is 7.11 Å². The molecule has 0 bridgehead atoms. The van der Waals surface area contributed by atoms with Gasteiger partial charge in [-0.3, -0.25) is 4.79 Å². The van der Waals surface area contributed by atoms with E-state index in [-0.39, 0.29) is 5.82 Å². The van der Waals surface area contributed by atoms with E-state index in [9.17, 15) is 9.18 Å². The number of carbonyl (C=O) groups excluding carboxylic acids is 1. The first kappa shape index (κ1) is 13.8. The molecule has 0 unspecified atom stereocenters. The van der Waals surface area contributed by atoms with Gasteiger partial charge in [-0.05, 0) is 35.9 Å². The van der Waals surface area contributed by atoms with E-state index in [1.807, 2.05) is 6.08 Å². The zero-order chi connectivity index (χ0) is 14.5. The summed E-state index contributed by atoms with van der Waals surface area (Å²) < 4.78 is 18.0. The monoisotopic (exact) mass is 271 g/mol. The van der Waals surface area contributed by atoms with Crippen LogP contribution in [0.3, 0.4) is 0 Å². The van der Waals surface area contributed by atoms with Crippen molar-refractivity contribution < 1.29 is 13.9 Å². The summed E-state index contributed by atoms with van der Waals surface area (Å²) in [6.07, 6.45) is 3.60. The second-order valence-electron chi connectivity index (χ2n) is 4.21. The fourth-order valence-electron chi connectivity index (χ4n) is 1.78. The maximum absolute atomic E-state index is 12.8. The van der Waals surface area contributed by atoms with Crippen molar-refractivity contribution in [3.8, 4) is 5.75 Å². The van der Waals surface area contributed by atoms with Gasteiger partial charge in [0, 0.05) is 11.1 Å². The number of ether oxygens (including phenoxy) is 1. The van der Waals surface area contributed by atoms with E-state index in [4.69, 9.17) is 10.5 Å². The van der Waals surface area contributed by atoms with Gasteiger partial charge in [-0.2, -0.15) is 0 Å². The average Bonchev–Trinajstić information content (AvgIpc) is 2.46. The van der Waals surface area contributed by atoms with Crippen LogP contribution in [0.5, 0.6) is 5.75 Å². The van der Waals surface area contributed by atoms with Gasteiger partial charge >= 0.3 is 0 Å². The number of rotatable bonds is 4. The minimum atomic E-state index is -0.496. The van der Waals surface area contributed by atoms with Crippen LogP contribution in [0.1, 0.15) is 21.5 Å². The van der Waals surface area contributed by atoms with Crippen LogP contribution in [0.25, 0.3) is 12.2 Å². The standard InChI is InChI=1S/C16H14FNO2/c1-20-15-9-6-13(16(18)19)10-12(15)5-2-11-3-7-14(17)8-4-11/h2-10H,1H3,(H2,18,19)/b5-2+. The molecule has 3 nitrogen and oxygen atoms in total. The van der Waals surface area contributed by atoms with Gasteiger partial charge in [0.1, 0.15) is 11.6 Å². The van der Waals surface area contributed by atoms with Gasteiger partial charge < -0.3 is 10.5 Å². The highest BCUT2D eigenvalue weighted by Gasteiger charge is 2.05. The zero-order valence-electron chi connectivity index (χ0n) is 11.0. The first-order valence-electron chi connectivity index (χ1n) is 6.01. The normalized spacial score (nSPS) is 10.7. The molecular formula is C16H14FNO2. The Hall–Kier alpha value is -2.62. The number of hydrogen-bond donors (Lipinski definition) is 1. The molecule has 102 valence electrons. The summed E-state index contributed by atoms with van der Waals surface area (Å²) in [5.74, 6) is -0.145. The molecule has 0 aliphatic carbocycles. The van der Waals surface area contributed by atoms with Crippen molar-refractivity contribution in [2.24, 2.45) is 5.73 Å².